The first-order valence-electron chi connectivity index (χ1n) is 6.16. The number of aliphatic hydroxyl groups is 1. The quantitative estimate of drug-likeness (QED) is 0.918. The summed E-state index contributed by atoms with van der Waals surface area (Å²) < 4.78 is 13.8. The van der Waals surface area contributed by atoms with Crippen LogP contribution in [0.15, 0.2) is 42.7 Å². The van der Waals surface area contributed by atoms with Crippen molar-refractivity contribution in [2.75, 3.05) is 11.9 Å². The van der Waals surface area contributed by atoms with E-state index < -0.39 is 6.10 Å². The second-order valence-electron chi connectivity index (χ2n) is 4.57. The van der Waals surface area contributed by atoms with Gasteiger partial charge in [-0.15, -0.1) is 0 Å². The molecule has 1 aromatic carbocycles. The molecule has 0 amide bonds. The van der Waals surface area contributed by atoms with Crippen molar-refractivity contribution in [3.05, 3.63) is 59.7 Å². The van der Waals surface area contributed by atoms with Gasteiger partial charge in [0.2, 0.25) is 0 Å². The topological polar surface area (TPSA) is 36.4 Å². The Hall–Kier alpha value is -1.94. The van der Waals surface area contributed by atoms with Gasteiger partial charge in [0.05, 0.1) is 6.10 Å². The minimum atomic E-state index is -0.840. The van der Waals surface area contributed by atoms with E-state index in [1.807, 2.05) is 30.1 Å². The Kier molecular flexibility index (Phi) is 4.12. The molecule has 1 aromatic heterocycles. The normalized spacial score (nSPS) is 12.2. The van der Waals surface area contributed by atoms with Gasteiger partial charge < -0.3 is 10.0 Å². The predicted molar refractivity (Wildman–Crippen MR) is 73.4 cm³/mol. The number of pyridine rings is 1. The molecule has 0 spiro atoms. The monoisotopic (exact) mass is 260 g/mol. The summed E-state index contributed by atoms with van der Waals surface area (Å²) in [4.78, 5) is 5.96. The second kappa shape index (κ2) is 5.80. The van der Waals surface area contributed by atoms with Crippen molar-refractivity contribution < 1.29 is 9.50 Å². The summed E-state index contributed by atoms with van der Waals surface area (Å²) in [6.07, 6.45) is 2.65. The molecule has 0 saturated carbocycles. The van der Waals surface area contributed by atoms with Crippen molar-refractivity contribution in [3.8, 4) is 0 Å². The Morgan fingerprint density at radius 2 is 2.11 bits per heavy atom. The third-order valence-corrected chi connectivity index (χ3v) is 3.00. The first-order chi connectivity index (χ1) is 9.09. The summed E-state index contributed by atoms with van der Waals surface area (Å²) in [6, 6.07) is 8.65. The molecule has 1 heterocycles. The third-order valence-electron chi connectivity index (χ3n) is 3.00. The maximum Gasteiger partial charge on any atom is 0.131 e. The van der Waals surface area contributed by atoms with Gasteiger partial charge in [-0.25, -0.2) is 4.39 Å². The summed E-state index contributed by atoms with van der Waals surface area (Å²) in [7, 11) is 1.87. The van der Waals surface area contributed by atoms with Gasteiger partial charge in [0.15, 0.2) is 0 Å². The predicted octanol–water partition coefficient (Wildman–Crippen LogP) is 2.91. The standard InChI is InChI=1S/C15H17FN2O/c1-11(19)15-13(16)6-3-7-14(15)18(2)10-12-5-4-8-17-9-12/h3-9,11,19H,10H2,1-2H3. The summed E-state index contributed by atoms with van der Waals surface area (Å²) >= 11 is 0. The van der Waals surface area contributed by atoms with E-state index in [0.717, 1.165) is 5.56 Å². The van der Waals surface area contributed by atoms with Crippen LogP contribution in [0.4, 0.5) is 10.1 Å². The number of aliphatic hydroxyl groups excluding tert-OH is 1. The maximum absolute atomic E-state index is 13.8. The van der Waals surface area contributed by atoms with Crippen LogP contribution >= 0.6 is 0 Å². The van der Waals surface area contributed by atoms with Crippen LogP contribution in [0.25, 0.3) is 0 Å². The van der Waals surface area contributed by atoms with Crippen LogP contribution in [0.2, 0.25) is 0 Å². The molecular weight excluding hydrogens is 243 g/mol. The van der Waals surface area contributed by atoms with Crippen molar-refractivity contribution in [3.63, 3.8) is 0 Å². The van der Waals surface area contributed by atoms with Gasteiger partial charge in [-0.1, -0.05) is 12.1 Å². The van der Waals surface area contributed by atoms with Gasteiger partial charge in [-0.2, -0.15) is 0 Å². The van der Waals surface area contributed by atoms with Crippen LogP contribution in [0.5, 0.6) is 0 Å². The summed E-state index contributed by atoms with van der Waals surface area (Å²) in [6.45, 7) is 2.18. The molecule has 0 aliphatic rings. The maximum atomic E-state index is 13.8. The van der Waals surface area contributed by atoms with Crippen molar-refractivity contribution in [2.45, 2.75) is 19.6 Å². The van der Waals surface area contributed by atoms with Crippen molar-refractivity contribution in [2.24, 2.45) is 0 Å². The average molecular weight is 260 g/mol. The molecule has 2 rings (SSSR count). The van der Waals surface area contributed by atoms with Crippen LogP contribution in [-0.4, -0.2) is 17.1 Å². The number of nitrogens with zero attached hydrogens (tertiary/aromatic N) is 2. The Morgan fingerprint density at radius 1 is 1.32 bits per heavy atom. The molecule has 2 aromatic rings. The molecule has 100 valence electrons. The van der Waals surface area contributed by atoms with Gasteiger partial charge in [-0.05, 0) is 30.7 Å². The van der Waals surface area contributed by atoms with Gasteiger partial charge in [0.25, 0.3) is 0 Å². The molecular formula is C15H17FN2O. The molecule has 1 N–H and O–H groups in total. The molecule has 3 nitrogen and oxygen atoms in total. The third kappa shape index (κ3) is 3.09. The van der Waals surface area contributed by atoms with Gasteiger partial charge in [0, 0.05) is 37.2 Å². The van der Waals surface area contributed by atoms with E-state index in [4.69, 9.17) is 0 Å². The summed E-state index contributed by atoms with van der Waals surface area (Å²) in [5, 5.41) is 9.72. The SMILES string of the molecule is CC(O)c1c(F)cccc1N(C)Cc1cccnc1. The molecule has 1 atom stereocenters. The van der Waals surface area contributed by atoms with E-state index >= 15 is 0 Å². The highest BCUT2D eigenvalue weighted by Crippen LogP contribution is 2.28. The first-order valence-corrected chi connectivity index (χ1v) is 6.16. The molecule has 0 aliphatic carbocycles. The number of benzene rings is 1. The molecule has 4 heteroatoms. The van der Waals surface area contributed by atoms with E-state index in [9.17, 15) is 9.50 Å². The van der Waals surface area contributed by atoms with Crippen molar-refractivity contribution in [1.82, 2.24) is 4.98 Å². The number of hydrogen-bond acceptors (Lipinski definition) is 3. The molecule has 1 unspecified atom stereocenters. The van der Waals surface area contributed by atoms with Crippen LogP contribution in [0, 0.1) is 5.82 Å². The van der Waals surface area contributed by atoms with Gasteiger partial charge >= 0.3 is 0 Å². The largest absolute Gasteiger partial charge is 0.389 e. The Labute approximate surface area is 112 Å². The highest BCUT2D eigenvalue weighted by Gasteiger charge is 2.16. The van der Waals surface area contributed by atoms with Crippen LogP contribution < -0.4 is 4.90 Å². The average Bonchev–Trinajstić information content (AvgIpc) is 2.39. The molecule has 0 saturated heterocycles. The van der Waals surface area contributed by atoms with Crippen molar-refractivity contribution >= 4 is 5.69 Å². The van der Waals surface area contributed by atoms with E-state index in [1.54, 1.807) is 25.4 Å². The van der Waals surface area contributed by atoms with E-state index in [-0.39, 0.29) is 5.82 Å². The molecule has 0 radical (unpaired) electrons. The lowest BCUT2D eigenvalue weighted by Crippen LogP contribution is -2.19. The summed E-state index contributed by atoms with van der Waals surface area (Å²) in [5.74, 6) is -0.384. The van der Waals surface area contributed by atoms with E-state index in [1.165, 1.54) is 6.07 Å². The fraction of sp³-hybridized carbons (Fsp3) is 0.267. The Bertz CT molecular complexity index is 543. The fourth-order valence-corrected chi connectivity index (χ4v) is 2.12. The number of halogens is 1. The highest BCUT2D eigenvalue weighted by molar-refractivity contribution is 5.54. The van der Waals surface area contributed by atoms with Crippen LogP contribution in [0.3, 0.4) is 0 Å². The zero-order valence-corrected chi connectivity index (χ0v) is 11.0. The minimum Gasteiger partial charge on any atom is -0.389 e. The number of aromatic nitrogens is 1. The first kappa shape index (κ1) is 13.5. The lowest BCUT2D eigenvalue weighted by atomic mass is 10.1. The Morgan fingerprint density at radius 3 is 2.74 bits per heavy atom. The summed E-state index contributed by atoms with van der Waals surface area (Å²) in [5.41, 5.74) is 2.05. The highest BCUT2D eigenvalue weighted by atomic mass is 19.1. The number of hydrogen-bond donors (Lipinski definition) is 1. The lowest BCUT2D eigenvalue weighted by molar-refractivity contribution is 0.194. The fourth-order valence-electron chi connectivity index (χ4n) is 2.12. The number of anilines is 1. The van der Waals surface area contributed by atoms with Crippen LogP contribution in [-0.2, 0) is 6.54 Å². The molecule has 0 fully saturated rings. The second-order valence-corrected chi connectivity index (χ2v) is 4.57. The van der Waals surface area contributed by atoms with E-state index in [2.05, 4.69) is 4.98 Å². The zero-order valence-electron chi connectivity index (χ0n) is 11.0. The van der Waals surface area contributed by atoms with Crippen LogP contribution in [0.1, 0.15) is 24.2 Å². The smallest absolute Gasteiger partial charge is 0.131 e. The minimum absolute atomic E-state index is 0.328. The van der Waals surface area contributed by atoms with Gasteiger partial charge in [0.1, 0.15) is 5.82 Å². The molecule has 19 heavy (non-hydrogen) atoms. The van der Waals surface area contributed by atoms with Crippen molar-refractivity contribution in [1.29, 1.82) is 0 Å². The van der Waals surface area contributed by atoms with E-state index in [0.29, 0.717) is 17.8 Å². The Balaban J connectivity index is 2.29. The lowest BCUT2D eigenvalue weighted by Gasteiger charge is -2.24. The number of rotatable bonds is 4. The molecule has 0 bridgehead atoms. The zero-order chi connectivity index (χ0) is 13.8. The van der Waals surface area contributed by atoms with Gasteiger partial charge in [-0.3, -0.25) is 4.98 Å². The molecule has 0 aliphatic heterocycles.